The number of hydrogen-bond acceptors (Lipinski definition) is 6. The van der Waals surface area contributed by atoms with Gasteiger partial charge in [0.25, 0.3) is 0 Å². The molecule has 0 atom stereocenters. The average molecular weight is 411 g/mol. The summed E-state index contributed by atoms with van der Waals surface area (Å²) >= 11 is 1.69. The van der Waals surface area contributed by atoms with Crippen LogP contribution >= 0.6 is 11.3 Å². The van der Waals surface area contributed by atoms with Crippen LogP contribution < -0.4 is 4.90 Å². The number of aromatic nitrogens is 2. The van der Waals surface area contributed by atoms with E-state index in [-0.39, 0.29) is 11.8 Å². The average Bonchev–Trinajstić information content (AvgIpc) is 3.02. The van der Waals surface area contributed by atoms with E-state index in [0.717, 1.165) is 48.8 Å². The van der Waals surface area contributed by atoms with Gasteiger partial charge in [0.15, 0.2) is 0 Å². The summed E-state index contributed by atoms with van der Waals surface area (Å²) in [5.41, 5.74) is 1.33. The summed E-state index contributed by atoms with van der Waals surface area (Å²) in [6.07, 6.45) is 2.67. The van der Waals surface area contributed by atoms with Crippen molar-refractivity contribution >= 4 is 37.4 Å². The Morgan fingerprint density at radius 1 is 1.30 bits per heavy atom. The summed E-state index contributed by atoms with van der Waals surface area (Å²) in [5, 5.41) is 3.41. The lowest BCUT2D eigenvalue weighted by molar-refractivity contribution is 0.312. The second-order valence-corrected chi connectivity index (χ2v) is 10.9. The van der Waals surface area contributed by atoms with Gasteiger partial charge in [0.2, 0.25) is 10.0 Å². The molecule has 8 heteroatoms. The van der Waals surface area contributed by atoms with Crippen LogP contribution in [0.1, 0.15) is 45.0 Å². The zero-order valence-electron chi connectivity index (χ0n) is 16.9. The normalized spacial score (nSPS) is 16.8. The molecule has 0 aliphatic carbocycles. The van der Waals surface area contributed by atoms with Gasteiger partial charge in [0, 0.05) is 26.2 Å². The van der Waals surface area contributed by atoms with E-state index in [1.165, 1.54) is 10.9 Å². The molecule has 1 saturated heterocycles. The Balaban J connectivity index is 1.86. The molecule has 0 radical (unpaired) electrons. The number of sulfonamides is 1. The maximum absolute atomic E-state index is 12.2. The highest BCUT2D eigenvalue weighted by molar-refractivity contribution is 7.89. The van der Waals surface area contributed by atoms with Crippen LogP contribution in [0, 0.1) is 12.8 Å². The van der Waals surface area contributed by atoms with Gasteiger partial charge in [-0.05, 0) is 50.0 Å². The third kappa shape index (κ3) is 4.27. The summed E-state index contributed by atoms with van der Waals surface area (Å²) in [6, 6.07) is 0.0715. The van der Waals surface area contributed by atoms with Crippen molar-refractivity contribution in [3.05, 3.63) is 16.8 Å². The van der Waals surface area contributed by atoms with Crippen molar-refractivity contribution in [2.45, 2.75) is 53.0 Å². The highest BCUT2D eigenvalue weighted by Gasteiger charge is 2.30. The molecule has 0 N–H and O–H groups in total. The number of thiophene rings is 1. The zero-order chi connectivity index (χ0) is 19.8. The Kier molecular flexibility index (Phi) is 6.08. The first-order valence-corrected chi connectivity index (χ1v) is 12.2. The van der Waals surface area contributed by atoms with Crippen molar-refractivity contribution in [2.24, 2.45) is 5.92 Å². The van der Waals surface area contributed by atoms with Crippen LogP contribution in [0.3, 0.4) is 0 Å². The predicted octanol–water partition coefficient (Wildman–Crippen LogP) is 3.45. The molecule has 0 bridgehead atoms. The molecule has 2 aromatic heterocycles. The van der Waals surface area contributed by atoms with Gasteiger partial charge in [0.05, 0.1) is 11.1 Å². The molecule has 3 heterocycles. The molecular weight excluding hydrogens is 380 g/mol. The van der Waals surface area contributed by atoms with Crippen LogP contribution in [0.5, 0.6) is 0 Å². The lowest BCUT2D eigenvalue weighted by Gasteiger charge is -2.37. The van der Waals surface area contributed by atoms with Gasteiger partial charge in [-0.3, -0.25) is 0 Å². The van der Waals surface area contributed by atoms with Crippen molar-refractivity contribution in [1.29, 1.82) is 0 Å². The molecule has 27 heavy (non-hydrogen) atoms. The fourth-order valence-electron chi connectivity index (χ4n) is 3.78. The van der Waals surface area contributed by atoms with Gasteiger partial charge in [-0.2, -0.15) is 0 Å². The van der Waals surface area contributed by atoms with E-state index in [0.29, 0.717) is 5.92 Å². The molecular formula is C19H30N4O2S2. The van der Waals surface area contributed by atoms with Gasteiger partial charge >= 0.3 is 0 Å². The van der Waals surface area contributed by atoms with Crippen LogP contribution in [0.2, 0.25) is 0 Å². The standard InChI is InChI=1S/C19H30N4O2S2/c1-6-27(24,25)22(5)16-7-9-23(10-8-16)18-17-15(11-13(2)3)12-26-19(17)21-14(4)20-18/h12-13,16H,6-11H2,1-5H3. The monoisotopic (exact) mass is 410 g/mol. The van der Waals surface area contributed by atoms with Crippen LogP contribution in [0.4, 0.5) is 5.82 Å². The Labute approximate surface area is 166 Å². The number of anilines is 1. The first-order chi connectivity index (χ1) is 12.7. The molecule has 150 valence electrons. The van der Waals surface area contributed by atoms with E-state index in [2.05, 4.69) is 29.1 Å². The molecule has 0 amide bonds. The van der Waals surface area contributed by atoms with Crippen LogP contribution in [0.25, 0.3) is 10.2 Å². The maximum atomic E-state index is 12.2. The number of nitrogens with zero attached hydrogens (tertiary/aromatic N) is 4. The van der Waals surface area contributed by atoms with Crippen LogP contribution in [0.15, 0.2) is 5.38 Å². The van der Waals surface area contributed by atoms with Crippen molar-refractivity contribution < 1.29 is 8.42 Å². The SMILES string of the molecule is CCS(=O)(=O)N(C)C1CCN(c2nc(C)nc3scc(CC(C)C)c23)CC1. The fourth-order valence-corrected chi connectivity index (χ4v) is 5.84. The smallest absolute Gasteiger partial charge is 0.213 e. The third-order valence-electron chi connectivity index (χ3n) is 5.31. The zero-order valence-corrected chi connectivity index (χ0v) is 18.5. The Hall–Kier alpha value is -1.25. The summed E-state index contributed by atoms with van der Waals surface area (Å²) < 4.78 is 25.9. The number of fused-ring (bicyclic) bond motifs is 1. The Morgan fingerprint density at radius 2 is 1.96 bits per heavy atom. The van der Waals surface area contributed by atoms with E-state index in [4.69, 9.17) is 4.98 Å². The second kappa shape index (κ2) is 8.01. The Bertz CT molecular complexity index is 900. The van der Waals surface area contributed by atoms with E-state index in [1.54, 1.807) is 29.6 Å². The molecule has 0 spiro atoms. The minimum absolute atomic E-state index is 0.0715. The fraction of sp³-hybridized carbons (Fsp3) is 0.684. The van der Waals surface area contributed by atoms with Crippen LogP contribution in [-0.4, -0.2) is 54.6 Å². The summed E-state index contributed by atoms with van der Waals surface area (Å²) in [6.45, 7) is 9.74. The first kappa shape index (κ1) is 20.5. The topological polar surface area (TPSA) is 66.4 Å². The maximum Gasteiger partial charge on any atom is 0.213 e. The van der Waals surface area contributed by atoms with E-state index < -0.39 is 10.0 Å². The third-order valence-corrected chi connectivity index (χ3v) is 8.14. The quantitative estimate of drug-likeness (QED) is 0.730. The van der Waals surface area contributed by atoms with Crippen molar-refractivity contribution in [2.75, 3.05) is 30.8 Å². The van der Waals surface area contributed by atoms with E-state index in [9.17, 15) is 8.42 Å². The molecule has 6 nitrogen and oxygen atoms in total. The molecule has 2 aromatic rings. The highest BCUT2D eigenvalue weighted by atomic mass is 32.2. The van der Waals surface area contributed by atoms with Gasteiger partial charge < -0.3 is 4.90 Å². The van der Waals surface area contributed by atoms with Gasteiger partial charge in [0.1, 0.15) is 16.5 Å². The molecule has 0 unspecified atom stereocenters. The molecule has 0 aromatic carbocycles. The highest BCUT2D eigenvalue weighted by Crippen LogP contribution is 2.35. The molecule has 1 aliphatic rings. The first-order valence-electron chi connectivity index (χ1n) is 9.68. The number of piperidine rings is 1. The number of aryl methyl sites for hydroxylation is 1. The number of hydrogen-bond donors (Lipinski definition) is 0. The number of rotatable bonds is 6. The van der Waals surface area contributed by atoms with Gasteiger partial charge in [-0.15, -0.1) is 11.3 Å². The minimum Gasteiger partial charge on any atom is -0.356 e. The molecule has 0 saturated carbocycles. The lowest BCUT2D eigenvalue weighted by atomic mass is 10.0. The van der Waals surface area contributed by atoms with Crippen LogP contribution in [-0.2, 0) is 16.4 Å². The largest absolute Gasteiger partial charge is 0.356 e. The van der Waals surface area contributed by atoms with Crippen molar-refractivity contribution in [3.63, 3.8) is 0 Å². The second-order valence-electron chi connectivity index (χ2n) is 7.77. The van der Waals surface area contributed by atoms with Crippen molar-refractivity contribution in [3.8, 4) is 0 Å². The van der Waals surface area contributed by atoms with E-state index >= 15 is 0 Å². The lowest BCUT2D eigenvalue weighted by Crippen LogP contribution is -2.46. The Morgan fingerprint density at radius 3 is 2.56 bits per heavy atom. The summed E-state index contributed by atoms with van der Waals surface area (Å²) in [4.78, 5) is 12.8. The molecule has 1 aliphatic heterocycles. The molecule has 1 fully saturated rings. The molecule has 3 rings (SSSR count). The minimum atomic E-state index is -3.14. The van der Waals surface area contributed by atoms with Gasteiger partial charge in [-0.1, -0.05) is 13.8 Å². The summed E-state index contributed by atoms with van der Waals surface area (Å²) in [7, 11) is -1.43. The predicted molar refractivity (Wildman–Crippen MR) is 113 cm³/mol. The van der Waals surface area contributed by atoms with E-state index in [1.807, 2.05) is 6.92 Å². The van der Waals surface area contributed by atoms with Gasteiger partial charge in [-0.25, -0.2) is 22.7 Å². The summed E-state index contributed by atoms with van der Waals surface area (Å²) in [5.74, 6) is 2.55. The van der Waals surface area contributed by atoms with Crippen molar-refractivity contribution in [1.82, 2.24) is 14.3 Å².